The van der Waals surface area contributed by atoms with E-state index in [4.69, 9.17) is 0 Å². The molecule has 1 aliphatic rings. The van der Waals surface area contributed by atoms with Crippen LogP contribution < -0.4 is 0 Å². The first-order chi connectivity index (χ1) is 9.00. The van der Waals surface area contributed by atoms with Crippen molar-refractivity contribution < 1.29 is 14.7 Å². The highest BCUT2D eigenvalue weighted by Crippen LogP contribution is 2.38. The predicted molar refractivity (Wildman–Crippen MR) is 71.8 cm³/mol. The summed E-state index contributed by atoms with van der Waals surface area (Å²) < 4.78 is 0. The molecular formula is C13H18N2O3S. The van der Waals surface area contributed by atoms with Crippen molar-refractivity contribution in [3.8, 4) is 0 Å². The lowest BCUT2D eigenvalue weighted by atomic mass is 9.88. The van der Waals surface area contributed by atoms with Gasteiger partial charge in [0.25, 0.3) is 0 Å². The summed E-state index contributed by atoms with van der Waals surface area (Å²) in [6, 6.07) is -0.416. The number of carbonyl (C=O) groups is 2. The maximum absolute atomic E-state index is 12.1. The zero-order valence-electron chi connectivity index (χ0n) is 11.1. The van der Waals surface area contributed by atoms with Crippen LogP contribution in [0.1, 0.15) is 37.7 Å². The molecule has 0 aliphatic carbocycles. The zero-order chi connectivity index (χ0) is 14.0. The number of piperidine rings is 1. The summed E-state index contributed by atoms with van der Waals surface area (Å²) in [5.74, 6) is -1.06. The number of thiazole rings is 1. The molecule has 2 unspecified atom stereocenters. The number of hydrogen-bond donors (Lipinski definition) is 1. The van der Waals surface area contributed by atoms with Crippen molar-refractivity contribution in [2.75, 3.05) is 6.54 Å². The molecule has 0 spiro atoms. The minimum atomic E-state index is -0.846. The average molecular weight is 282 g/mol. The molecule has 1 aliphatic heterocycles. The van der Waals surface area contributed by atoms with Crippen LogP contribution >= 0.6 is 11.3 Å². The SMILES string of the molecule is CC(C)CN1C(=O)CCC(C(=O)O)C1c1nccs1. The molecule has 2 atom stereocenters. The van der Waals surface area contributed by atoms with Gasteiger partial charge in [-0.2, -0.15) is 0 Å². The van der Waals surface area contributed by atoms with E-state index in [1.54, 1.807) is 11.1 Å². The molecule has 1 fully saturated rings. The van der Waals surface area contributed by atoms with Crippen LogP contribution in [0.4, 0.5) is 0 Å². The maximum atomic E-state index is 12.1. The van der Waals surface area contributed by atoms with Gasteiger partial charge >= 0.3 is 5.97 Å². The van der Waals surface area contributed by atoms with Gasteiger partial charge < -0.3 is 10.0 Å². The van der Waals surface area contributed by atoms with Gasteiger partial charge in [0.15, 0.2) is 0 Å². The molecule has 6 heteroatoms. The minimum Gasteiger partial charge on any atom is -0.481 e. The van der Waals surface area contributed by atoms with E-state index in [2.05, 4.69) is 4.98 Å². The van der Waals surface area contributed by atoms with E-state index < -0.39 is 17.9 Å². The fourth-order valence-electron chi connectivity index (χ4n) is 2.51. The van der Waals surface area contributed by atoms with Gasteiger partial charge in [-0.05, 0) is 12.3 Å². The summed E-state index contributed by atoms with van der Waals surface area (Å²) in [5, 5.41) is 11.9. The quantitative estimate of drug-likeness (QED) is 0.918. The molecule has 104 valence electrons. The number of carboxylic acid groups (broad SMARTS) is 1. The van der Waals surface area contributed by atoms with Crippen molar-refractivity contribution in [1.29, 1.82) is 0 Å². The average Bonchev–Trinajstić information content (AvgIpc) is 2.84. The number of carboxylic acids is 1. The summed E-state index contributed by atoms with van der Waals surface area (Å²) in [4.78, 5) is 29.5. The van der Waals surface area contributed by atoms with Crippen LogP contribution in [0.3, 0.4) is 0 Å². The largest absolute Gasteiger partial charge is 0.481 e. The van der Waals surface area contributed by atoms with Crippen molar-refractivity contribution in [2.45, 2.75) is 32.7 Å². The van der Waals surface area contributed by atoms with Crippen LogP contribution in [0.15, 0.2) is 11.6 Å². The van der Waals surface area contributed by atoms with Gasteiger partial charge in [0.05, 0.1) is 12.0 Å². The standard InChI is InChI=1S/C13H18N2O3S/c1-8(2)7-15-10(16)4-3-9(13(17)18)11(15)12-14-5-6-19-12/h5-6,8-9,11H,3-4,7H2,1-2H3,(H,17,18). The van der Waals surface area contributed by atoms with Crippen LogP contribution in [0.5, 0.6) is 0 Å². The Labute approximate surface area is 116 Å². The summed E-state index contributed by atoms with van der Waals surface area (Å²) >= 11 is 1.42. The Balaban J connectivity index is 2.35. The second kappa shape index (κ2) is 5.69. The predicted octanol–water partition coefficient (Wildman–Crippen LogP) is 2.16. The molecule has 1 aromatic heterocycles. The summed E-state index contributed by atoms with van der Waals surface area (Å²) in [6.45, 7) is 4.62. The van der Waals surface area contributed by atoms with Gasteiger partial charge in [-0.15, -0.1) is 11.3 Å². The number of likely N-dealkylation sites (tertiary alicyclic amines) is 1. The highest BCUT2D eigenvalue weighted by molar-refractivity contribution is 7.09. The van der Waals surface area contributed by atoms with E-state index in [0.29, 0.717) is 25.3 Å². The molecule has 2 heterocycles. The van der Waals surface area contributed by atoms with Gasteiger partial charge in [0.2, 0.25) is 5.91 Å². The number of aromatic nitrogens is 1. The Kier molecular flexibility index (Phi) is 4.19. The van der Waals surface area contributed by atoms with Gasteiger partial charge in [-0.1, -0.05) is 13.8 Å². The van der Waals surface area contributed by atoms with E-state index >= 15 is 0 Å². The topological polar surface area (TPSA) is 70.5 Å². The highest BCUT2D eigenvalue weighted by Gasteiger charge is 2.42. The van der Waals surface area contributed by atoms with Gasteiger partial charge in [-0.25, -0.2) is 4.98 Å². The number of aliphatic carboxylic acids is 1. The molecule has 0 saturated carbocycles. The molecule has 2 rings (SSSR count). The second-order valence-electron chi connectivity index (χ2n) is 5.24. The van der Waals surface area contributed by atoms with Crippen LogP contribution in [0, 0.1) is 11.8 Å². The first-order valence-corrected chi connectivity index (χ1v) is 7.30. The molecule has 0 radical (unpaired) electrons. The molecule has 19 heavy (non-hydrogen) atoms. The first-order valence-electron chi connectivity index (χ1n) is 6.42. The Morgan fingerprint density at radius 1 is 1.63 bits per heavy atom. The third kappa shape index (κ3) is 2.94. The smallest absolute Gasteiger partial charge is 0.309 e. The third-order valence-corrected chi connectivity index (χ3v) is 4.14. The molecule has 1 amide bonds. The molecule has 0 aromatic carbocycles. The van der Waals surface area contributed by atoms with Crippen LogP contribution in [0.2, 0.25) is 0 Å². The third-order valence-electron chi connectivity index (χ3n) is 3.29. The van der Waals surface area contributed by atoms with Crippen molar-refractivity contribution >= 4 is 23.2 Å². The Morgan fingerprint density at radius 2 is 2.37 bits per heavy atom. The molecular weight excluding hydrogens is 264 g/mol. The van der Waals surface area contributed by atoms with E-state index in [1.165, 1.54) is 11.3 Å². The van der Waals surface area contributed by atoms with Crippen molar-refractivity contribution in [2.24, 2.45) is 11.8 Å². The van der Waals surface area contributed by atoms with Gasteiger partial charge in [-0.3, -0.25) is 9.59 Å². The van der Waals surface area contributed by atoms with Crippen molar-refractivity contribution in [3.05, 3.63) is 16.6 Å². The second-order valence-corrected chi connectivity index (χ2v) is 6.16. The summed E-state index contributed by atoms with van der Waals surface area (Å²) in [5.41, 5.74) is 0. The van der Waals surface area contributed by atoms with Crippen LogP contribution in [-0.4, -0.2) is 33.4 Å². The van der Waals surface area contributed by atoms with Gasteiger partial charge in [0, 0.05) is 24.5 Å². The van der Waals surface area contributed by atoms with Crippen LogP contribution in [-0.2, 0) is 9.59 Å². The van der Waals surface area contributed by atoms with E-state index in [1.807, 2.05) is 19.2 Å². The number of hydrogen-bond acceptors (Lipinski definition) is 4. The lowest BCUT2D eigenvalue weighted by Crippen LogP contribution is -2.46. The summed E-state index contributed by atoms with van der Waals surface area (Å²) in [7, 11) is 0. The molecule has 0 bridgehead atoms. The number of amides is 1. The lowest BCUT2D eigenvalue weighted by Gasteiger charge is -2.39. The molecule has 1 saturated heterocycles. The summed E-state index contributed by atoms with van der Waals surface area (Å²) in [6.07, 6.45) is 2.37. The van der Waals surface area contributed by atoms with E-state index in [9.17, 15) is 14.7 Å². The van der Waals surface area contributed by atoms with E-state index in [0.717, 1.165) is 5.01 Å². The normalized spacial score (nSPS) is 23.9. The Bertz CT molecular complexity index is 458. The lowest BCUT2D eigenvalue weighted by molar-refractivity contribution is -0.152. The number of nitrogens with zero attached hydrogens (tertiary/aromatic N) is 2. The number of rotatable bonds is 4. The fraction of sp³-hybridized carbons (Fsp3) is 0.615. The zero-order valence-corrected chi connectivity index (χ0v) is 11.9. The number of carbonyl (C=O) groups excluding carboxylic acids is 1. The van der Waals surface area contributed by atoms with Crippen molar-refractivity contribution in [1.82, 2.24) is 9.88 Å². The van der Waals surface area contributed by atoms with Crippen LogP contribution in [0.25, 0.3) is 0 Å². The fourth-order valence-corrected chi connectivity index (χ4v) is 3.32. The van der Waals surface area contributed by atoms with E-state index in [-0.39, 0.29) is 5.91 Å². The molecule has 5 nitrogen and oxygen atoms in total. The maximum Gasteiger partial charge on any atom is 0.309 e. The van der Waals surface area contributed by atoms with Gasteiger partial charge in [0.1, 0.15) is 5.01 Å². The monoisotopic (exact) mass is 282 g/mol. The minimum absolute atomic E-state index is 0.0337. The Hall–Kier alpha value is -1.43. The molecule has 1 N–H and O–H groups in total. The van der Waals surface area contributed by atoms with Crippen molar-refractivity contribution in [3.63, 3.8) is 0 Å². The first kappa shape index (κ1) is 14.0. The highest BCUT2D eigenvalue weighted by atomic mass is 32.1. The molecule has 1 aromatic rings. The Morgan fingerprint density at radius 3 is 2.89 bits per heavy atom.